The summed E-state index contributed by atoms with van der Waals surface area (Å²) in [5.74, 6) is 2.23. The van der Waals surface area contributed by atoms with Gasteiger partial charge in [-0.25, -0.2) is 0 Å². The van der Waals surface area contributed by atoms with Crippen molar-refractivity contribution in [1.82, 2.24) is 0 Å². The summed E-state index contributed by atoms with van der Waals surface area (Å²) in [6.07, 6.45) is 5.31. The first-order valence-corrected chi connectivity index (χ1v) is 4.81. The Morgan fingerprint density at radius 3 is 2.93 bits per heavy atom. The Morgan fingerprint density at radius 1 is 1.64 bits per heavy atom. The van der Waals surface area contributed by atoms with Crippen LogP contribution in [0, 0.1) is 12.3 Å². The van der Waals surface area contributed by atoms with Gasteiger partial charge in [-0.1, -0.05) is 27.9 Å². The molecule has 0 unspecified atom stereocenters. The molecule has 0 saturated carbocycles. The minimum absolute atomic E-state index is 0.224. The number of carbonyl (C=O) groups is 1. The van der Waals surface area contributed by atoms with E-state index in [-0.39, 0.29) is 12.6 Å². The summed E-state index contributed by atoms with van der Waals surface area (Å²) in [6.45, 7) is 1.59. The van der Waals surface area contributed by atoms with Gasteiger partial charge >= 0.3 is 5.97 Å². The topological polar surface area (TPSA) is 26.3 Å². The average Bonchev–Trinajstić information content (AvgIpc) is 2.15. The van der Waals surface area contributed by atoms with Crippen LogP contribution in [0.5, 0.6) is 0 Å². The van der Waals surface area contributed by atoms with Crippen molar-refractivity contribution in [2.45, 2.75) is 13.5 Å². The third-order valence-corrected chi connectivity index (χ3v) is 2.15. The van der Waals surface area contributed by atoms with Crippen molar-refractivity contribution in [3.8, 4) is 12.3 Å². The van der Waals surface area contributed by atoms with Crippen LogP contribution in [0.1, 0.15) is 18.1 Å². The highest BCUT2D eigenvalue weighted by Crippen LogP contribution is 2.16. The molecule has 0 radical (unpaired) electrons. The molecule has 14 heavy (non-hydrogen) atoms. The van der Waals surface area contributed by atoms with Crippen LogP contribution >= 0.6 is 15.9 Å². The second-order valence-corrected chi connectivity index (χ2v) is 3.64. The lowest BCUT2D eigenvalue weighted by molar-refractivity contribution is -0.142. The van der Waals surface area contributed by atoms with E-state index < -0.39 is 0 Å². The van der Waals surface area contributed by atoms with Crippen LogP contribution in [0.2, 0.25) is 0 Å². The van der Waals surface area contributed by atoms with Crippen molar-refractivity contribution in [1.29, 1.82) is 0 Å². The van der Waals surface area contributed by atoms with E-state index in [0.29, 0.717) is 0 Å². The summed E-state index contributed by atoms with van der Waals surface area (Å²) >= 11 is 3.31. The highest BCUT2D eigenvalue weighted by molar-refractivity contribution is 9.10. The van der Waals surface area contributed by atoms with Crippen molar-refractivity contribution in [2.24, 2.45) is 0 Å². The zero-order chi connectivity index (χ0) is 10.6. The molecule has 0 fully saturated rings. The Morgan fingerprint density at radius 2 is 2.36 bits per heavy atom. The van der Waals surface area contributed by atoms with Crippen LogP contribution in [-0.2, 0) is 16.1 Å². The second kappa shape index (κ2) is 4.83. The molecule has 0 aliphatic heterocycles. The molecule has 0 bridgehead atoms. The number of benzene rings is 1. The van der Waals surface area contributed by atoms with E-state index in [2.05, 4.69) is 21.9 Å². The lowest BCUT2D eigenvalue weighted by atomic mass is 10.1. The van der Waals surface area contributed by atoms with E-state index in [9.17, 15) is 4.79 Å². The van der Waals surface area contributed by atoms with Gasteiger partial charge < -0.3 is 4.74 Å². The molecule has 1 aromatic carbocycles. The SMILES string of the molecule is C#Cc1cc(Br)ccc1COC(C)=O. The molecular formula is C11H9BrO2. The van der Waals surface area contributed by atoms with Gasteiger partial charge in [-0.15, -0.1) is 6.42 Å². The summed E-state index contributed by atoms with van der Waals surface area (Å²) in [7, 11) is 0. The molecule has 0 aromatic heterocycles. The molecule has 2 nitrogen and oxygen atoms in total. The average molecular weight is 253 g/mol. The Hall–Kier alpha value is -1.27. The molecule has 72 valence electrons. The highest BCUT2D eigenvalue weighted by Gasteiger charge is 2.02. The fourth-order valence-electron chi connectivity index (χ4n) is 0.988. The van der Waals surface area contributed by atoms with Crippen molar-refractivity contribution < 1.29 is 9.53 Å². The maximum Gasteiger partial charge on any atom is 0.302 e. The zero-order valence-corrected chi connectivity index (χ0v) is 9.30. The van der Waals surface area contributed by atoms with Crippen molar-refractivity contribution in [3.05, 3.63) is 33.8 Å². The number of rotatable bonds is 2. The van der Waals surface area contributed by atoms with Gasteiger partial charge in [0.1, 0.15) is 6.61 Å². The molecule has 0 N–H and O–H groups in total. The molecule has 0 atom stereocenters. The molecule has 0 aliphatic rings. The summed E-state index contributed by atoms with van der Waals surface area (Å²) in [6, 6.07) is 5.51. The van der Waals surface area contributed by atoms with E-state index in [1.165, 1.54) is 6.92 Å². The largest absolute Gasteiger partial charge is 0.461 e. The third-order valence-electron chi connectivity index (χ3n) is 1.66. The Labute approximate surface area is 91.4 Å². The van der Waals surface area contributed by atoms with Gasteiger partial charge in [0, 0.05) is 22.5 Å². The van der Waals surface area contributed by atoms with Gasteiger partial charge in [-0.3, -0.25) is 4.79 Å². The van der Waals surface area contributed by atoms with E-state index in [1.54, 1.807) is 0 Å². The number of hydrogen-bond acceptors (Lipinski definition) is 2. The summed E-state index contributed by atoms with van der Waals surface area (Å²) in [5, 5.41) is 0. The third kappa shape index (κ3) is 2.90. The first-order chi connectivity index (χ1) is 6.63. The minimum atomic E-state index is -0.309. The number of halogens is 1. The minimum Gasteiger partial charge on any atom is -0.461 e. The fraction of sp³-hybridized carbons (Fsp3) is 0.182. The molecular weight excluding hydrogens is 244 g/mol. The van der Waals surface area contributed by atoms with E-state index in [4.69, 9.17) is 11.2 Å². The zero-order valence-electron chi connectivity index (χ0n) is 7.71. The van der Waals surface area contributed by atoms with E-state index >= 15 is 0 Å². The number of terminal acetylenes is 1. The molecule has 0 spiro atoms. The van der Waals surface area contributed by atoms with Gasteiger partial charge in [0.25, 0.3) is 0 Å². The Kier molecular flexibility index (Phi) is 3.73. The lowest BCUT2D eigenvalue weighted by Crippen LogP contribution is -2.00. The van der Waals surface area contributed by atoms with E-state index in [1.807, 2.05) is 18.2 Å². The predicted molar refractivity (Wildman–Crippen MR) is 57.5 cm³/mol. The Bertz CT molecular complexity index is 391. The molecule has 1 rings (SSSR count). The smallest absolute Gasteiger partial charge is 0.302 e. The second-order valence-electron chi connectivity index (χ2n) is 2.73. The van der Waals surface area contributed by atoms with Crippen LogP contribution in [0.15, 0.2) is 22.7 Å². The van der Waals surface area contributed by atoms with Crippen LogP contribution < -0.4 is 0 Å². The molecule has 0 amide bonds. The summed E-state index contributed by atoms with van der Waals surface area (Å²) < 4.78 is 5.77. The number of ether oxygens (including phenoxy) is 1. The molecule has 0 aliphatic carbocycles. The maximum absolute atomic E-state index is 10.6. The fourth-order valence-corrected chi connectivity index (χ4v) is 1.35. The van der Waals surface area contributed by atoms with Gasteiger partial charge in [0.05, 0.1) is 0 Å². The molecule has 3 heteroatoms. The van der Waals surface area contributed by atoms with Gasteiger partial charge in [-0.2, -0.15) is 0 Å². The van der Waals surface area contributed by atoms with Crippen LogP contribution in [0.25, 0.3) is 0 Å². The van der Waals surface area contributed by atoms with Crippen LogP contribution in [0.3, 0.4) is 0 Å². The summed E-state index contributed by atoms with van der Waals surface area (Å²) in [5.41, 5.74) is 1.58. The number of esters is 1. The molecule has 1 aromatic rings. The maximum atomic E-state index is 10.6. The monoisotopic (exact) mass is 252 g/mol. The van der Waals surface area contributed by atoms with Crippen molar-refractivity contribution in [2.75, 3.05) is 0 Å². The normalized spacial score (nSPS) is 9.21. The lowest BCUT2D eigenvalue weighted by Gasteiger charge is -2.05. The van der Waals surface area contributed by atoms with E-state index in [0.717, 1.165) is 15.6 Å². The van der Waals surface area contributed by atoms with Crippen molar-refractivity contribution >= 4 is 21.9 Å². The molecule has 0 saturated heterocycles. The number of hydrogen-bond donors (Lipinski definition) is 0. The molecule has 0 heterocycles. The first kappa shape index (κ1) is 10.8. The number of carbonyl (C=O) groups excluding carboxylic acids is 1. The summed E-state index contributed by atoms with van der Waals surface area (Å²) in [4.78, 5) is 10.6. The van der Waals surface area contributed by atoms with Gasteiger partial charge in [0.15, 0.2) is 0 Å². The highest BCUT2D eigenvalue weighted by atomic mass is 79.9. The van der Waals surface area contributed by atoms with Crippen LogP contribution in [0.4, 0.5) is 0 Å². The predicted octanol–water partition coefficient (Wildman–Crippen LogP) is 2.49. The standard InChI is InChI=1S/C11H9BrO2/c1-3-9-6-11(12)5-4-10(9)7-14-8(2)13/h1,4-6H,7H2,2H3. The Balaban J connectivity index is 2.87. The van der Waals surface area contributed by atoms with Gasteiger partial charge in [0.2, 0.25) is 0 Å². The first-order valence-electron chi connectivity index (χ1n) is 4.02. The van der Waals surface area contributed by atoms with Crippen LogP contribution in [-0.4, -0.2) is 5.97 Å². The van der Waals surface area contributed by atoms with Gasteiger partial charge in [-0.05, 0) is 12.1 Å². The van der Waals surface area contributed by atoms with Crippen molar-refractivity contribution in [3.63, 3.8) is 0 Å². The quantitative estimate of drug-likeness (QED) is 0.598.